The van der Waals surface area contributed by atoms with Crippen molar-refractivity contribution in [3.05, 3.63) is 42.0 Å². The van der Waals surface area contributed by atoms with E-state index >= 15 is 0 Å². The zero-order chi connectivity index (χ0) is 21.6. The first-order valence-electron chi connectivity index (χ1n) is 11.7. The number of ether oxygens (including phenoxy) is 3. The van der Waals surface area contributed by atoms with Crippen molar-refractivity contribution in [2.24, 2.45) is 0 Å². The van der Waals surface area contributed by atoms with Gasteiger partial charge in [-0.3, -0.25) is 0 Å². The molecule has 0 spiro atoms. The summed E-state index contributed by atoms with van der Waals surface area (Å²) in [6.45, 7) is 9.13. The van der Waals surface area contributed by atoms with Crippen molar-refractivity contribution in [2.45, 2.75) is 96.4 Å². The fourth-order valence-electron chi connectivity index (χ4n) is 4.01. The maximum atomic E-state index is 6.29. The van der Waals surface area contributed by atoms with Crippen molar-refractivity contribution >= 4 is 0 Å². The molecule has 166 valence electrons. The van der Waals surface area contributed by atoms with Crippen LogP contribution < -0.4 is 4.74 Å². The number of benzene rings is 1. The third-order valence-electron chi connectivity index (χ3n) is 5.73. The normalized spacial score (nSPS) is 18.2. The van der Waals surface area contributed by atoms with Crippen LogP contribution in [0.3, 0.4) is 0 Å². The Labute approximate surface area is 184 Å². The van der Waals surface area contributed by atoms with Gasteiger partial charge in [-0.25, -0.2) is 0 Å². The molecule has 1 aliphatic heterocycles. The smallest absolute Gasteiger partial charge is 0.157 e. The lowest BCUT2D eigenvalue weighted by Crippen LogP contribution is -2.28. The average molecular weight is 413 g/mol. The topological polar surface area (TPSA) is 27.7 Å². The predicted molar refractivity (Wildman–Crippen MR) is 125 cm³/mol. The molecule has 1 saturated heterocycles. The number of hydrogen-bond donors (Lipinski definition) is 0. The highest BCUT2D eigenvalue weighted by Crippen LogP contribution is 2.28. The van der Waals surface area contributed by atoms with Crippen molar-refractivity contribution in [3.63, 3.8) is 0 Å². The molecule has 3 nitrogen and oxygen atoms in total. The second-order valence-corrected chi connectivity index (χ2v) is 8.15. The Kier molecular flexibility index (Phi) is 11.7. The Morgan fingerprint density at radius 2 is 2.13 bits per heavy atom. The first kappa shape index (κ1) is 24.5. The number of hydrogen-bond acceptors (Lipinski definition) is 3. The molecule has 3 heteroatoms. The van der Waals surface area contributed by atoms with E-state index in [2.05, 4.69) is 38.3 Å². The van der Waals surface area contributed by atoms with Crippen molar-refractivity contribution in [3.8, 4) is 17.6 Å². The largest absolute Gasteiger partial charge is 0.496 e. The molecule has 30 heavy (non-hydrogen) atoms. The van der Waals surface area contributed by atoms with Gasteiger partial charge in [0.15, 0.2) is 6.29 Å². The summed E-state index contributed by atoms with van der Waals surface area (Å²) < 4.78 is 17.6. The summed E-state index contributed by atoms with van der Waals surface area (Å²) in [5, 5.41) is 0. The molecule has 1 aromatic carbocycles. The molecule has 0 radical (unpaired) electrons. The van der Waals surface area contributed by atoms with Gasteiger partial charge < -0.3 is 14.2 Å². The summed E-state index contributed by atoms with van der Waals surface area (Å²) >= 11 is 0. The maximum absolute atomic E-state index is 6.29. The van der Waals surface area contributed by atoms with Crippen LogP contribution in [0.15, 0.2) is 30.9 Å². The van der Waals surface area contributed by atoms with Gasteiger partial charge in [-0.05, 0) is 57.1 Å². The maximum Gasteiger partial charge on any atom is 0.157 e. The Morgan fingerprint density at radius 3 is 2.83 bits per heavy atom. The van der Waals surface area contributed by atoms with Crippen molar-refractivity contribution in [1.29, 1.82) is 0 Å². The van der Waals surface area contributed by atoms with Crippen LogP contribution in [0.4, 0.5) is 0 Å². The monoisotopic (exact) mass is 412 g/mol. The van der Waals surface area contributed by atoms with Crippen LogP contribution in [0.5, 0.6) is 5.75 Å². The number of rotatable bonds is 12. The summed E-state index contributed by atoms with van der Waals surface area (Å²) in [4.78, 5) is 0. The molecule has 1 fully saturated rings. The van der Waals surface area contributed by atoms with Crippen LogP contribution in [0.25, 0.3) is 0 Å². The molecule has 1 unspecified atom stereocenters. The Balaban J connectivity index is 1.94. The Morgan fingerprint density at radius 1 is 1.27 bits per heavy atom. The van der Waals surface area contributed by atoms with E-state index in [1.165, 1.54) is 36.8 Å². The van der Waals surface area contributed by atoms with Gasteiger partial charge in [0.2, 0.25) is 0 Å². The summed E-state index contributed by atoms with van der Waals surface area (Å²) in [6, 6.07) is 6.20. The lowest BCUT2D eigenvalue weighted by molar-refractivity contribution is -0.190. The van der Waals surface area contributed by atoms with Crippen molar-refractivity contribution in [1.82, 2.24) is 0 Å². The minimum absolute atomic E-state index is 0.0181. The summed E-state index contributed by atoms with van der Waals surface area (Å²) in [7, 11) is 1.72. The highest BCUT2D eigenvalue weighted by Gasteiger charge is 2.19. The molecule has 1 aromatic rings. The van der Waals surface area contributed by atoms with Crippen molar-refractivity contribution < 1.29 is 14.2 Å². The van der Waals surface area contributed by atoms with Crippen LogP contribution in [-0.2, 0) is 15.9 Å². The second kappa shape index (κ2) is 14.3. The van der Waals surface area contributed by atoms with Crippen molar-refractivity contribution in [2.75, 3.05) is 13.7 Å². The zero-order valence-electron chi connectivity index (χ0n) is 19.3. The number of methoxy groups -OCH3 is 1. The first-order valence-corrected chi connectivity index (χ1v) is 11.7. The van der Waals surface area contributed by atoms with Crippen LogP contribution >= 0.6 is 0 Å². The molecular formula is C27H40O3. The van der Waals surface area contributed by atoms with Gasteiger partial charge in [-0.1, -0.05) is 50.3 Å². The molecule has 0 amide bonds. The molecule has 1 aliphatic rings. The second-order valence-electron chi connectivity index (χ2n) is 8.15. The molecule has 0 aliphatic carbocycles. The highest BCUT2D eigenvalue weighted by atomic mass is 16.7. The molecule has 3 atom stereocenters. The SMILES string of the molecule is C=CCc1c(OC)cccc1[C@H](C)C#CCC[C@H](CCCCC)OC1CCCCO1. The molecule has 1 heterocycles. The van der Waals surface area contributed by atoms with Gasteiger partial charge in [0.05, 0.1) is 13.2 Å². The quantitative estimate of drug-likeness (QED) is 0.215. The molecule has 0 saturated carbocycles. The fraction of sp³-hybridized carbons (Fsp3) is 0.630. The first-order chi connectivity index (χ1) is 14.7. The molecule has 0 N–H and O–H groups in total. The van der Waals surface area contributed by atoms with E-state index in [4.69, 9.17) is 14.2 Å². The van der Waals surface area contributed by atoms with Gasteiger partial charge in [-0.2, -0.15) is 0 Å². The minimum atomic E-state index is -0.0181. The molecule has 0 aromatic heterocycles. The van der Waals surface area contributed by atoms with Crippen LogP contribution in [-0.4, -0.2) is 26.1 Å². The third kappa shape index (κ3) is 8.17. The number of allylic oxidation sites excluding steroid dienone is 1. The molecular weight excluding hydrogens is 372 g/mol. The summed E-state index contributed by atoms with van der Waals surface area (Å²) in [6.07, 6.45) is 13.0. The predicted octanol–water partition coefficient (Wildman–Crippen LogP) is 6.80. The highest BCUT2D eigenvalue weighted by molar-refractivity contribution is 5.45. The van der Waals surface area contributed by atoms with E-state index in [0.29, 0.717) is 0 Å². The van der Waals surface area contributed by atoms with E-state index < -0.39 is 0 Å². The van der Waals surface area contributed by atoms with Gasteiger partial charge in [0.25, 0.3) is 0 Å². The lowest BCUT2D eigenvalue weighted by atomic mass is 9.93. The number of unbranched alkanes of at least 4 members (excludes halogenated alkanes) is 2. The Hall–Kier alpha value is -1.76. The lowest BCUT2D eigenvalue weighted by Gasteiger charge is -2.27. The molecule has 0 bridgehead atoms. The van der Waals surface area contributed by atoms with Gasteiger partial charge in [0, 0.05) is 24.5 Å². The summed E-state index contributed by atoms with van der Waals surface area (Å²) in [5.74, 6) is 7.94. The van der Waals surface area contributed by atoms with Crippen LogP contribution in [0.2, 0.25) is 0 Å². The average Bonchev–Trinajstić information content (AvgIpc) is 2.77. The zero-order valence-corrected chi connectivity index (χ0v) is 19.3. The van der Waals surface area contributed by atoms with Crippen LogP contribution in [0.1, 0.15) is 88.7 Å². The standard InChI is InChI=1S/C27H40O3/c1-5-7-8-16-23(30-27-20-11-12-21-29-27)17-10-9-15-22(3)24-18-13-19-26(28-4)25(24)14-6-2/h6,13,18-19,22-23,27H,2,5,7-8,10-12,14,16-17,20-21H2,1,3-4H3/t22-,23+,27?/m1/s1. The molecule has 2 rings (SSSR count). The van der Waals surface area contributed by atoms with Gasteiger partial charge >= 0.3 is 0 Å². The van der Waals surface area contributed by atoms with E-state index in [-0.39, 0.29) is 18.3 Å². The van der Waals surface area contributed by atoms with Gasteiger partial charge in [0.1, 0.15) is 5.75 Å². The van der Waals surface area contributed by atoms with E-state index in [9.17, 15) is 0 Å². The van der Waals surface area contributed by atoms with E-state index in [1.54, 1.807) is 7.11 Å². The third-order valence-corrected chi connectivity index (χ3v) is 5.73. The Bertz CT molecular complexity index is 679. The van der Waals surface area contributed by atoms with E-state index in [0.717, 1.165) is 50.9 Å². The fourth-order valence-corrected chi connectivity index (χ4v) is 4.01. The van der Waals surface area contributed by atoms with Gasteiger partial charge in [-0.15, -0.1) is 12.5 Å². The minimum Gasteiger partial charge on any atom is -0.496 e. The van der Waals surface area contributed by atoms with E-state index in [1.807, 2.05) is 18.2 Å². The summed E-state index contributed by atoms with van der Waals surface area (Å²) in [5.41, 5.74) is 2.42. The van der Waals surface area contributed by atoms with Crippen LogP contribution in [0, 0.1) is 11.8 Å².